The lowest BCUT2D eigenvalue weighted by molar-refractivity contribution is -0.0240. The lowest BCUT2D eigenvalue weighted by Gasteiger charge is -2.38. The zero-order valence-electron chi connectivity index (χ0n) is 14.4. The summed E-state index contributed by atoms with van der Waals surface area (Å²) in [4.78, 5) is 0. The highest BCUT2D eigenvalue weighted by Crippen LogP contribution is 2.47. The fourth-order valence-electron chi connectivity index (χ4n) is 3.57. The van der Waals surface area contributed by atoms with Gasteiger partial charge in [0.1, 0.15) is 0 Å². The summed E-state index contributed by atoms with van der Waals surface area (Å²) < 4.78 is 11.8. The van der Waals surface area contributed by atoms with E-state index in [0.29, 0.717) is 0 Å². The molecule has 4 rings (SSSR count). The maximum Gasteiger partial charge on any atom is 0.187 e. The lowest BCUT2D eigenvalue weighted by Crippen LogP contribution is -2.40. The van der Waals surface area contributed by atoms with Gasteiger partial charge in [0.25, 0.3) is 0 Å². The minimum Gasteiger partial charge on any atom is -0.493 e. The van der Waals surface area contributed by atoms with Crippen molar-refractivity contribution in [2.24, 2.45) is 5.10 Å². The number of hydrogen-bond donors (Lipinski definition) is 0. The molecule has 5 heteroatoms. The predicted molar refractivity (Wildman–Crippen MR) is 99.5 cm³/mol. The number of hydrogen-bond acceptors (Lipinski definition) is 4. The minimum atomic E-state index is -0.0661. The Balaban J connectivity index is 1.73. The topological polar surface area (TPSA) is 34.1 Å². The second kappa shape index (κ2) is 6.60. The summed E-state index contributed by atoms with van der Waals surface area (Å²) in [6.45, 7) is 2.16. The number of halogens is 1. The van der Waals surface area contributed by atoms with Gasteiger partial charge < -0.3 is 9.47 Å². The van der Waals surface area contributed by atoms with Gasteiger partial charge in [0.05, 0.1) is 18.9 Å². The van der Waals surface area contributed by atoms with Crippen LogP contribution >= 0.6 is 11.6 Å². The predicted octanol–water partition coefficient (Wildman–Crippen LogP) is 5.02. The largest absolute Gasteiger partial charge is 0.493 e. The molecule has 2 heterocycles. The van der Waals surface area contributed by atoms with E-state index in [0.717, 1.165) is 52.6 Å². The van der Waals surface area contributed by atoms with Gasteiger partial charge in [-0.1, -0.05) is 49.2 Å². The van der Waals surface area contributed by atoms with Crippen LogP contribution in [0, 0.1) is 0 Å². The monoisotopic (exact) mass is 356 g/mol. The molecule has 0 aliphatic carbocycles. The van der Waals surface area contributed by atoms with Crippen LogP contribution in [0.5, 0.6) is 11.5 Å². The molecule has 0 amide bonds. The van der Waals surface area contributed by atoms with Crippen molar-refractivity contribution >= 4 is 17.3 Å². The Bertz CT molecular complexity index is 804. The van der Waals surface area contributed by atoms with Crippen LogP contribution in [-0.4, -0.2) is 24.1 Å². The van der Waals surface area contributed by atoms with E-state index in [4.69, 9.17) is 26.2 Å². The molecule has 0 spiro atoms. The van der Waals surface area contributed by atoms with Crippen molar-refractivity contribution in [3.05, 3.63) is 58.6 Å². The number of methoxy groups -OCH3 is 1. The highest BCUT2D eigenvalue weighted by Gasteiger charge is 2.40. The zero-order chi connectivity index (χ0) is 17.4. The van der Waals surface area contributed by atoms with E-state index >= 15 is 0 Å². The molecule has 25 heavy (non-hydrogen) atoms. The van der Waals surface area contributed by atoms with Crippen molar-refractivity contribution in [3.63, 3.8) is 0 Å². The molecule has 2 aliphatic rings. The summed E-state index contributed by atoms with van der Waals surface area (Å²) in [5, 5.41) is 7.76. The summed E-state index contributed by atoms with van der Waals surface area (Å²) in [6, 6.07) is 14.1. The van der Waals surface area contributed by atoms with Gasteiger partial charge in [-0.05, 0) is 23.8 Å². The fourth-order valence-corrected chi connectivity index (χ4v) is 3.70. The second-order valence-corrected chi connectivity index (χ2v) is 6.83. The molecule has 2 atom stereocenters. The molecule has 0 N–H and O–H groups in total. The van der Waals surface area contributed by atoms with Gasteiger partial charge in [-0.2, -0.15) is 5.10 Å². The third-order valence-corrected chi connectivity index (χ3v) is 5.04. The van der Waals surface area contributed by atoms with Crippen LogP contribution in [0.2, 0.25) is 5.02 Å². The smallest absolute Gasteiger partial charge is 0.187 e. The van der Waals surface area contributed by atoms with Crippen molar-refractivity contribution in [1.82, 2.24) is 5.01 Å². The van der Waals surface area contributed by atoms with Crippen LogP contribution < -0.4 is 9.47 Å². The van der Waals surface area contributed by atoms with Gasteiger partial charge in [-0.25, -0.2) is 0 Å². The van der Waals surface area contributed by atoms with Crippen molar-refractivity contribution in [2.75, 3.05) is 7.11 Å². The molecular formula is C20H21ClN2O2. The minimum absolute atomic E-state index is 0.0661. The van der Waals surface area contributed by atoms with E-state index in [1.807, 2.05) is 36.4 Å². The Morgan fingerprint density at radius 3 is 2.76 bits per heavy atom. The normalized spacial score (nSPS) is 21.2. The highest BCUT2D eigenvalue weighted by molar-refractivity contribution is 6.30. The third kappa shape index (κ3) is 2.85. The van der Waals surface area contributed by atoms with Crippen LogP contribution in [0.25, 0.3) is 0 Å². The number of nitrogens with zero attached hydrogens (tertiary/aromatic N) is 2. The Labute approximate surface area is 153 Å². The van der Waals surface area contributed by atoms with Gasteiger partial charge in [0.15, 0.2) is 17.7 Å². The SMILES string of the molecule is CCC[C@H]1Oc2c(OC)cccc2[C@H]2CC(c3ccc(Cl)cc3)=NN21. The maximum absolute atomic E-state index is 6.28. The number of rotatable bonds is 4. The first-order valence-electron chi connectivity index (χ1n) is 8.66. The molecule has 2 aromatic carbocycles. The average molecular weight is 357 g/mol. The number of para-hydroxylation sites is 1. The van der Waals surface area contributed by atoms with E-state index < -0.39 is 0 Å². The van der Waals surface area contributed by atoms with E-state index in [2.05, 4.69) is 18.0 Å². The first-order valence-corrected chi connectivity index (χ1v) is 9.04. The molecule has 130 valence electrons. The van der Waals surface area contributed by atoms with Crippen molar-refractivity contribution in [2.45, 2.75) is 38.5 Å². The van der Waals surface area contributed by atoms with Crippen LogP contribution in [-0.2, 0) is 0 Å². The van der Waals surface area contributed by atoms with E-state index in [-0.39, 0.29) is 12.3 Å². The molecule has 0 aromatic heterocycles. The summed E-state index contributed by atoms with van der Waals surface area (Å²) >= 11 is 6.02. The second-order valence-electron chi connectivity index (χ2n) is 6.39. The number of hydrazone groups is 1. The van der Waals surface area contributed by atoms with Crippen LogP contribution in [0.4, 0.5) is 0 Å². The number of benzene rings is 2. The van der Waals surface area contributed by atoms with Gasteiger partial charge >= 0.3 is 0 Å². The van der Waals surface area contributed by atoms with Gasteiger partial charge in [-0.3, -0.25) is 5.01 Å². The Morgan fingerprint density at radius 1 is 1.24 bits per heavy atom. The Hall–Kier alpha value is -2.20. The molecule has 2 aromatic rings. The van der Waals surface area contributed by atoms with E-state index in [9.17, 15) is 0 Å². The average Bonchev–Trinajstić information content (AvgIpc) is 3.08. The molecule has 0 fully saturated rings. The molecule has 4 nitrogen and oxygen atoms in total. The van der Waals surface area contributed by atoms with Crippen molar-refractivity contribution in [1.29, 1.82) is 0 Å². The molecule has 0 saturated heterocycles. The van der Waals surface area contributed by atoms with E-state index in [1.54, 1.807) is 7.11 Å². The van der Waals surface area contributed by atoms with Gasteiger partial charge in [-0.15, -0.1) is 0 Å². The first-order chi connectivity index (χ1) is 12.2. The molecule has 2 aliphatic heterocycles. The molecule has 0 unspecified atom stereocenters. The van der Waals surface area contributed by atoms with Gasteiger partial charge in [0.2, 0.25) is 0 Å². The quantitative estimate of drug-likeness (QED) is 0.771. The molecule has 0 radical (unpaired) electrons. The van der Waals surface area contributed by atoms with Crippen LogP contribution in [0.3, 0.4) is 0 Å². The third-order valence-electron chi connectivity index (χ3n) is 4.79. The Morgan fingerprint density at radius 2 is 2.04 bits per heavy atom. The van der Waals surface area contributed by atoms with Crippen LogP contribution in [0.15, 0.2) is 47.6 Å². The summed E-state index contributed by atoms with van der Waals surface area (Å²) in [5.41, 5.74) is 3.32. The van der Waals surface area contributed by atoms with Crippen molar-refractivity contribution < 1.29 is 9.47 Å². The number of fused-ring (bicyclic) bond motifs is 3. The first kappa shape index (κ1) is 16.3. The zero-order valence-corrected chi connectivity index (χ0v) is 15.2. The lowest BCUT2D eigenvalue weighted by atomic mass is 9.96. The highest BCUT2D eigenvalue weighted by atomic mass is 35.5. The molecule has 0 bridgehead atoms. The number of ether oxygens (including phenoxy) is 2. The molecular weight excluding hydrogens is 336 g/mol. The fraction of sp³-hybridized carbons (Fsp3) is 0.350. The Kier molecular flexibility index (Phi) is 4.30. The summed E-state index contributed by atoms with van der Waals surface area (Å²) in [6.07, 6.45) is 2.74. The van der Waals surface area contributed by atoms with E-state index in [1.165, 1.54) is 0 Å². The standard InChI is InChI=1S/C20H21ClN2O2/c1-3-5-19-23-17(15-6-4-7-18(24-2)20(15)25-19)12-16(22-23)13-8-10-14(21)11-9-13/h4,6-11,17,19H,3,5,12H2,1-2H3/t17-,19-/m1/s1. The molecule has 0 saturated carbocycles. The summed E-state index contributed by atoms with van der Waals surface area (Å²) in [5.74, 6) is 1.65. The maximum atomic E-state index is 6.28. The van der Waals surface area contributed by atoms with Crippen molar-refractivity contribution in [3.8, 4) is 11.5 Å². The summed E-state index contributed by atoms with van der Waals surface area (Å²) in [7, 11) is 1.68. The van der Waals surface area contributed by atoms with Gasteiger partial charge in [0, 0.05) is 23.4 Å². The van der Waals surface area contributed by atoms with Crippen LogP contribution in [0.1, 0.15) is 43.4 Å².